The first kappa shape index (κ1) is 23.3. The first-order valence-electron chi connectivity index (χ1n) is 8.31. The predicted octanol–water partition coefficient (Wildman–Crippen LogP) is 2.70. The molecule has 10 heteroatoms. The number of para-hydroxylation sites is 1. The van der Waals surface area contributed by atoms with Crippen LogP contribution in [0.1, 0.15) is 24.8 Å². The highest BCUT2D eigenvalue weighted by atomic mass is 127. The Morgan fingerprint density at radius 3 is 2.59 bits per heavy atom. The minimum absolute atomic E-state index is 0. The van der Waals surface area contributed by atoms with Crippen LogP contribution in [0, 0.1) is 0 Å². The summed E-state index contributed by atoms with van der Waals surface area (Å²) in [6.45, 7) is 2.49. The maximum absolute atomic E-state index is 12.6. The van der Waals surface area contributed by atoms with E-state index in [-0.39, 0.29) is 54.1 Å². The molecule has 2 unspecified atom stereocenters. The first-order chi connectivity index (χ1) is 12.2. The van der Waals surface area contributed by atoms with Gasteiger partial charge in [-0.25, -0.2) is 4.99 Å². The van der Waals surface area contributed by atoms with Gasteiger partial charge < -0.3 is 20.3 Å². The number of ether oxygens (including phenoxy) is 1. The molecule has 1 aromatic carbocycles. The molecule has 27 heavy (non-hydrogen) atoms. The SMILES string of the molecule is CCNC(=NCC(=O)N(C)C)NC1CC1c1ccccc1OC(F)(F)F.I. The van der Waals surface area contributed by atoms with Crippen molar-refractivity contribution in [1.29, 1.82) is 0 Å². The lowest BCUT2D eigenvalue weighted by Crippen LogP contribution is -2.40. The van der Waals surface area contributed by atoms with E-state index in [1.807, 2.05) is 6.92 Å². The highest BCUT2D eigenvalue weighted by Crippen LogP contribution is 2.45. The van der Waals surface area contributed by atoms with Crippen LogP contribution in [0.2, 0.25) is 0 Å². The van der Waals surface area contributed by atoms with Crippen molar-refractivity contribution in [3.63, 3.8) is 0 Å². The molecule has 1 saturated carbocycles. The number of amides is 1. The minimum Gasteiger partial charge on any atom is -0.405 e. The number of aliphatic imine (C=N–C) groups is 1. The summed E-state index contributed by atoms with van der Waals surface area (Å²) >= 11 is 0. The standard InChI is InChI=1S/C17H23F3N4O2.HI/c1-4-21-16(22-10-15(25)24(2)3)23-13-9-12(13)11-7-5-6-8-14(11)26-17(18,19)20;/h5-8,12-13H,4,9-10H2,1-3H3,(H2,21,22,23);1H. The number of rotatable bonds is 6. The Morgan fingerprint density at radius 2 is 2.00 bits per heavy atom. The summed E-state index contributed by atoms with van der Waals surface area (Å²) in [7, 11) is 3.29. The van der Waals surface area contributed by atoms with Crippen molar-refractivity contribution in [3.8, 4) is 5.75 Å². The Kier molecular flexibility index (Phi) is 8.63. The number of carbonyl (C=O) groups is 1. The van der Waals surface area contributed by atoms with E-state index in [0.29, 0.717) is 24.5 Å². The van der Waals surface area contributed by atoms with Crippen LogP contribution in [0.5, 0.6) is 5.75 Å². The number of alkyl halides is 3. The summed E-state index contributed by atoms with van der Waals surface area (Å²) < 4.78 is 41.8. The average Bonchev–Trinajstić information content (AvgIpc) is 3.30. The predicted molar refractivity (Wildman–Crippen MR) is 107 cm³/mol. The molecule has 0 aliphatic heterocycles. The van der Waals surface area contributed by atoms with Crippen LogP contribution in [0.3, 0.4) is 0 Å². The second kappa shape index (κ2) is 10.00. The molecule has 1 aromatic rings. The molecule has 0 heterocycles. The molecule has 0 aromatic heterocycles. The van der Waals surface area contributed by atoms with E-state index in [9.17, 15) is 18.0 Å². The number of carbonyl (C=O) groups excluding carboxylic acids is 1. The molecule has 6 nitrogen and oxygen atoms in total. The number of hydrogen-bond acceptors (Lipinski definition) is 3. The summed E-state index contributed by atoms with van der Waals surface area (Å²) in [6, 6.07) is 6.07. The van der Waals surface area contributed by atoms with Gasteiger partial charge in [0.25, 0.3) is 0 Å². The van der Waals surface area contributed by atoms with E-state index < -0.39 is 6.36 Å². The second-order valence-corrected chi connectivity index (χ2v) is 6.16. The van der Waals surface area contributed by atoms with Crippen LogP contribution in [0.15, 0.2) is 29.3 Å². The molecule has 0 radical (unpaired) electrons. The van der Waals surface area contributed by atoms with Crippen molar-refractivity contribution in [3.05, 3.63) is 29.8 Å². The zero-order valence-corrected chi connectivity index (χ0v) is 17.7. The van der Waals surface area contributed by atoms with Gasteiger partial charge in [-0.2, -0.15) is 0 Å². The number of hydrogen-bond donors (Lipinski definition) is 2. The summed E-state index contributed by atoms with van der Waals surface area (Å²) in [5, 5.41) is 6.19. The Morgan fingerprint density at radius 1 is 1.33 bits per heavy atom. The monoisotopic (exact) mass is 500 g/mol. The maximum Gasteiger partial charge on any atom is 0.573 e. The molecular weight excluding hydrogens is 476 g/mol. The Bertz CT molecular complexity index is 668. The van der Waals surface area contributed by atoms with Crippen LogP contribution in [-0.2, 0) is 4.79 Å². The molecule has 1 fully saturated rings. The van der Waals surface area contributed by atoms with Gasteiger partial charge in [-0.3, -0.25) is 4.79 Å². The summed E-state index contributed by atoms with van der Waals surface area (Å²) in [4.78, 5) is 17.3. The Balaban J connectivity index is 0.00000364. The quantitative estimate of drug-likeness (QED) is 0.358. The van der Waals surface area contributed by atoms with E-state index in [4.69, 9.17) is 0 Å². The Labute approximate surface area is 173 Å². The molecule has 152 valence electrons. The van der Waals surface area contributed by atoms with Crippen LogP contribution in [0.25, 0.3) is 0 Å². The average molecular weight is 500 g/mol. The number of guanidine groups is 1. The third-order valence-electron chi connectivity index (χ3n) is 3.87. The third kappa shape index (κ3) is 7.43. The maximum atomic E-state index is 12.6. The molecule has 1 amide bonds. The van der Waals surface area contributed by atoms with Gasteiger partial charge in [-0.15, -0.1) is 37.1 Å². The van der Waals surface area contributed by atoms with Crippen molar-refractivity contribution in [1.82, 2.24) is 15.5 Å². The first-order valence-corrected chi connectivity index (χ1v) is 8.31. The second-order valence-electron chi connectivity index (χ2n) is 6.16. The molecular formula is C17H24F3IN4O2. The number of nitrogens with one attached hydrogen (secondary N) is 2. The van der Waals surface area contributed by atoms with Gasteiger partial charge in [-0.1, -0.05) is 18.2 Å². The zero-order valence-electron chi connectivity index (χ0n) is 15.3. The molecule has 1 aliphatic rings. The molecule has 2 atom stereocenters. The highest BCUT2D eigenvalue weighted by Gasteiger charge is 2.42. The minimum atomic E-state index is -4.73. The molecule has 2 N–H and O–H groups in total. The van der Waals surface area contributed by atoms with Crippen molar-refractivity contribution >= 4 is 35.8 Å². The van der Waals surface area contributed by atoms with E-state index >= 15 is 0 Å². The Hall–Kier alpha value is -1.72. The fourth-order valence-corrected chi connectivity index (χ4v) is 2.49. The van der Waals surface area contributed by atoms with Crippen molar-refractivity contribution in [2.45, 2.75) is 31.7 Å². The van der Waals surface area contributed by atoms with Crippen LogP contribution in [0.4, 0.5) is 13.2 Å². The fraction of sp³-hybridized carbons (Fsp3) is 0.529. The molecule has 0 spiro atoms. The van der Waals surface area contributed by atoms with Gasteiger partial charge in [0.05, 0.1) is 0 Å². The van der Waals surface area contributed by atoms with Crippen LogP contribution < -0.4 is 15.4 Å². The van der Waals surface area contributed by atoms with Gasteiger partial charge in [-0.05, 0) is 25.0 Å². The lowest BCUT2D eigenvalue weighted by Gasteiger charge is -2.15. The lowest BCUT2D eigenvalue weighted by atomic mass is 10.1. The van der Waals surface area contributed by atoms with Gasteiger partial charge in [0, 0.05) is 32.6 Å². The molecule has 0 saturated heterocycles. The van der Waals surface area contributed by atoms with Crippen LogP contribution >= 0.6 is 24.0 Å². The van der Waals surface area contributed by atoms with Crippen LogP contribution in [-0.4, -0.2) is 56.4 Å². The van der Waals surface area contributed by atoms with Crippen molar-refractivity contribution in [2.24, 2.45) is 4.99 Å². The van der Waals surface area contributed by atoms with Gasteiger partial charge in [0.1, 0.15) is 12.3 Å². The van der Waals surface area contributed by atoms with E-state index in [2.05, 4.69) is 20.4 Å². The number of nitrogens with zero attached hydrogens (tertiary/aromatic N) is 2. The van der Waals surface area contributed by atoms with Gasteiger partial charge in [0.2, 0.25) is 5.91 Å². The largest absolute Gasteiger partial charge is 0.573 e. The normalized spacial score (nSPS) is 19.0. The van der Waals surface area contributed by atoms with Gasteiger partial charge >= 0.3 is 6.36 Å². The summed E-state index contributed by atoms with van der Waals surface area (Å²) in [6.07, 6.45) is -4.07. The third-order valence-corrected chi connectivity index (χ3v) is 3.87. The zero-order chi connectivity index (χ0) is 19.3. The van der Waals surface area contributed by atoms with Crippen molar-refractivity contribution in [2.75, 3.05) is 27.2 Å². The fourth-order valence-electron chi connectivity index (χ4n) is 2.49. The summed E-state index contributed by atoms with van der Waals surface area (Å²) in [5.41, 5.74) is 0.502. The smallest absolute Gasteiger partial charge is 0.405 e. The molecule has 1 aliphatic carbocycles. The lowest BCUT2D eigenvalue weighted by molar-refractivity contribution is -0.274. The molecule has 2 rings (SSSR count). The highest BCUT2D eigenvalue weighted by molar-refractivity contribution is 14.0. The van der Waals surface area contributed by atoms with E-state index in [1.165, 1.54) is 17.0 Å². The van der Waals surface area contributed by atoms with E-state index in [1.54, 1.807) is 26.2 Å². The number of halogens is 4. The summed E-state index contributed by atoms with van der Waals surface area (Å²) in [5.74, 6) is 0.0314. The molecule has 0 bridgehead atoms. The number of likely N-dealkylation sites (N-methyl/N-ethyl adjacent to an activating group) is 1. The van der Waals surface area contributed by atoms with Crippen molar-refractivity contribution < 1.29 is 22.7 Å². The van der Waals surface area contributed by atoms with Gasteiger partial charge in [0.15, 0.2) is 5.96 Å². The topological polar surface area (TPSA) is 66.0 Å². The van der Waals surface area contributed by atoms with E-state index in [0.717, 1.165) is 0 Å². The number of benzene rings is 1.